The monoisotopic (exact) mass is 479 g/mol. The Morgan fingerprint density at radius 1 is 1.09 bits per heavy atom. The molecule has 0 saturated carbocycles. The van der Waals surface area contributed by atoms with Crippen molar-refractivity contribution in [3.63, 3.8) is 0 Å². The normalized spacial score (nSPS) is 11.2. The lowest BCUT2D eigenvalue weighted by molar-refractivity contribution is 0.393. The number of hydrogen-bond acceptors (Lipinski definition) is 6. The summed E-state index contributed by atoms with van der Waals surface area (Å²) in [4.78, 5) is 15.4. The summed E-state index contributed by atoms with van der Waals surface area (Å²) in [5.74, 6) is 3.23. The Labute approximate surface area is 192 Å². The number of rotatable bonds is 2. The van der Waals surface area contributed by atoms with Gasteiger partial charge >= 0.3 is 0 Å². The van der Waals surface area contributed by atoms with Crippen molar-refractivity contribution in [1.82, 2.24) is 10.1 Å². The third-order valence-electron chi connectivity index (χ3n) is 5.15. The smallest absolute Gasteiger partial charge is 0.193 e. The van der Waals surface area contributed by atoms with E-state index in [-0.39, 0.29) is 27.2 Å². The van der Waals surface area contributed by atoms with Gasteiger partial charge in [0, 0.05) is 17.9 Å². The van der Waals surface area contributed by atoms with Crippen LogP contribution >= 0.6 is 0 Å². The zero-order valence-electron chi connectivity index (χ0n) is 18.1. The molecule has 10 heteroatoms. The van der Waals surface area contributed by atoms with E-state index < -0.39 is 37.9 Å². The molecule has 1 N–H and O–H groups in total. The highest BCUT2D eigenvalue weighted by Crippen LogP contribution is 2.29. The summed E-state index contributed by atoms with van der Waals surface area (Å²) in [7, 11) is -3.74. The highest BCUT2D eigenvalue weighted by Gasteiger charge is 2.20. The van der Waals surface area contributed by atoms with Gasteiger partial charge in [0.25, 0.3) is 0 Å². The number of sulfone groups is 1. The average Bonchev–Trinajstić information content (AvgIpc) is 3.09. The van der Waals surface area contributed by atoms with E-state index >= 15 is 4.39 Å². The molecule has 4 rings (SSSR count). The van der Waals surface area contributed by atoms with Crippen molar-refractivity contribution in [3.8, 4) is 29.2 Å². The van der Waals surface area contributed by atoms with Crippen molar-refractivity contribution in [2.75, 3.05) is 6.26 Å². The highest BCUT2D eigenvalue weighted by atomic mass is 32.2. The van der Waals surface area contributed by atoms with E-state index in [2.05, 4.69) is 22.0 Å². The van der Waals surface area contributed by atoms with Crippen molar-refractivity contribution in [1.29, 1.82) is 5.26 Å². The van der Waals surface area contributed by atoms with Crippen LogP contribution in [0.15, 0.2) is 44.5 Å². The van der Waals surface area contributed by atoms with E-state index in [9.17, 15) is 22.9 Å². The van der Waals surface area contributed by atoms with Gasteiger partial charge in [0.2, 0.25) is 0 Å². The molecule has 0 aliphatic heterocycles. The molecule has 0 unspecified atom stereocenters. The molecule has 0 amide bonds. The fourth-order valence-electron chi connectivity index (χ4n) is 3.52. The molecule has 170 valence electrons. The zero-order chi connectivity index (χ0) is 24.8. The van der Waals surface area contributed by atoms with Crippen LogP contribution in [0.4, 0.5) is 8.78 Å². The molecule has 2 aromatic carbocycles. The first-order valence-corrected chi connectivity index (χ1v) is 11.6. The summed E-state index contributed by atoms with van der Waals surface area (Å²) in [6.45, 7) is 3.24. The second-order valence-electron chi connectivity index (χ2n) is 7.56. The van der Waals surface area contributed by atoms with Crippen LogP contribution in [0.3, 0.4) is 0 Å². The Morgan fingerprint density at radius 3 is 2.41 bits per heavy atom. The van der Waals surface area contributed by atoms with Gasteiger partial charge in [-0.25, -0.2) is 17.2 Å². The first kappa shape index (κ1) is 22.9. The molecule has 0 fully saturated rings. The molecule has 0 aliphatic carbocycles. The molecule has 34 heavy (non-hydrogen) atoms. The maximum absolute atomic E-state index is 15.2. The minimum absolute atomic E-state index is 0.0108. The number of pyridine rings is 1. The van der Waals surface area contributed by atoms with E-state index in [1.165, 1.54) is 18.2 Å². The zero-order valence-corrected chi connectivity index (χ0v) is 18.9. The number of fused-ring (bicyclic) bond motifs is 1. The van der Waals surface area contributed by atoms with Gasteiger partial charge in [-0.15, -0.1) is 0 Å². The number of aromatic nitrogens is 2. The quantitative estimate of drug-likeness (QED) is 0.438. The number of halogens is 2. The Bertz CT molecular complexity index is 1750. The number of aromatic amines is 1. The first-order chi connectivity index (χ1) is 16.0. The molecule has 0 radical (unpaired) electrons. The predicted molar refractivity (Wildman–Crippen MR) is 120 cm³/mol. The first-order valence-electron chi connectivity index (χ1n) is 9.75. The van der Waals surface area contributed by atoms with Gasteiger partial charge in [-0.1, -0.05) is 17.0 Å². The number of nitriles is 1. The number of hydrogen-bond donors (Lipinski definition) is 1. The number of benzene rings is 2. The Balaban J connectivity index is 1.96. The average molecular weight is 479 g/mol. The molecule has 2 aromatic heterocycles. The molecular weight excluding hydrogens is 464 g/mol. The van der Waals surface area contributed by atoms with Crippen LogP contribution < -0.4 is 5.43 Å². The van der Waals surface area contributed by atoms with Crippen LogP contribution in [0.25, 0.3) is 22.2 Å². The van der Waals surface area contributed by atoms with Gasteiger partial charge in [0.05, 0.1) is 49.9 Å². The largest absolute Gasteiger partial charge is 0.360 e. The molecule has 0 atom stereocenters. The second-order valence-corrected chi connectivity index (χ2v) is 9.55. The maximum atomic E-state index is 15.2. The number of H-pyrrole nitrogens is 1. The van der Waals surface area contributed by atoms with Gasteiger partial charge < -0.3 is 9.51 Å². The van der Waals surface area contributed by atoms with Crippen molar-refractivity contribution < 1.29 is 21.7 Å². The lowest BCUT2D eigenvalue weighted by atomic mass is 10.0. The SMILES string of the molecule is Cc1noc(C)c1C#Cc1c(F)cc2[nH]c(-c3cc(C#N)ccc3S(C)(=O)=O)cc(=O)c2c1F. The van der Waals surface area contributed by atoms with Crippen LogP contribution in [0.1, 0.15) is 28.1 Å². The minimum atomic E-state index is -3.74. The number of aryl methyl sites for hydroxylation is 2. The molecular formula is C24H15F2N3O4S. The van der Waals surface area contributed by atoms with E-state index in [4.69, 9.17) is 4.52 Å². The number of nitrogens with zero attached hydrogens (tertiary/aromatic N) is 2. The van der Waals surface area contributed by atoms with Gasteiger partial charge in [0.1, 0.15) is 11.6 Å². The Kier molecular flexibility index (Phi) is 5.56. The van der Waals surface area contributed by atoms with Gasteiger partial charge in [-0.2, -0.15) is 5.26 Å². The van der Waals surface area contributed by atoms with E-state index in [1.807, 2.05) is 6.07 Å². The molecule has 0 saturated heterocycles. The van der Waals surface area contributed by atoms with Gasteiger partial charge in [0.15, 0.2) is 21.1 Å². The lowest BCUT2D eigenvalue weighted by Gasteiger charge is -2.11. The summed E-state index contributed by atoms with van der Waals surface area (Å²) < 4.78 is 59.5. The predicted octanol–water partition coefficient (Wildman–Crippen LogP) is 3.75. The van der Waals surface area contributed by atoms with Gasteiger partial charge in [-0.05, 0) is 38.1 Å². The minimum Gasteiger partial charge on any atom is -0.360 e. The van der Waals surface area contributed by atoms with E-state index in [1.54, 1.807) is 13.8 Å². The third kappa shape index (κ3) is 3.96. The molecule has 2 heterocycles. The molecule has 0 bridgehead atoms. The highest BCUT2D eigenvalue weighted by molar-refractivity contribution is 7.90. The van der Waals surface area contributed by atoms with E-state index in [0.29, 0.717) is 17.0 Å². The summed E-state index contributed by atoms with van der Waals surface area (Å²) in [5, 5.41) is 12.5. The van der Waals surface area contributed by atoms with Crippen molar-refractivity contribution in [3.05, 3.63) is 80.3 Å². The topological polar surface area (TPSA) is 117 Å². The van der Waals surface area contributed by atoms with Crippen molar-refractivity contribution >= 4 is 20.7 Å². The van der Waals surface area contributed by atoms with Crippen LogP contribution in [0.2, 0.25) is 0 Å². The maximum Gasteiger partial charge on any atom is 0.193 e. The summed E-state index contributed by atoms with van der Waals surface area (Å²) in [6, 6.07) is 7.64. The Hall–Kier alpha value is -4.28. The Morgan fingerprint density at radius 2 is 1.79 bits per heavy atom. The molecule has 4 aromatic rings. The summed E-state index contributed by atoms with van der Waals surface area (Å²) >= 11 is 0. The van der Waals surface area contributed by atoms with Crippen LogP contribution in [-0.2, 0) is 9.84 Å². The molecule has 7 nitrogen and oxygen atoms in total. The fraction of sp³-hybridized carbons (Fsp3) is 0.125. The van der Waals surface area contributed by atoms with E-state index in [0.717, 1.165) is 18.4 Å². The van der Waals surface area contributed by atoms with Crippen LogP contribution in [0.5, 0.6) is 0 Å². The lowest BCUT2D eigenvalue weighted by Crippen LogP contribution is -2.09. The summed E-state index contributed by atoms with van der Waals surface area (Å²) in [5.41, 5.74) is -0.610. The van der Waals surface area contributed by atoms with Crippen LogP contribution in [-0.4, -0.2) is 24.8 Å². The molecule has 0 aliphatic rings. The number of nitrogens with one attached hydrogen (secondary N) is 1. The van der Waals surface area contributed by atoms with Gasteiger partial charge in [-0.3, -0.25) is 4.79 Å². The second kappa shape index (κ2) is 8.25. The standard InChI is InChI=1S/C24H15F2N3O4S/c1-12-15(13(2)33-29-12)5-6-16-18(25)9-20-23(24(16)26)21(30)10-19(28-20)17-8-14(11-27)4-7-22(17)34(3,31)32/h4,7-10H,1-3H3,(H,28,30). The fourth-order valence-corrected chi connectivity index (χ4v) is 4.41. The summed E-state index contributed by atoms with van der Waals surface area (Å²) in [6.07, 6.45) is 0.973. The molecule has 0 spiro atoms. The van der Waals surface area contributed by atoms with Crippen LogP contribution in [0, 0.1) is 48.7 Å². The van der Waals surface area contributed by atoms with Crippen molar-refractivity contribution in [2.24, 2.45) is 0 Å². The van der Waals surface area contributed by atoms with Crippen molar-refractivity contribution in [2.45, 2.75) is 18.7 Å². The third-order valence-corrected chi connectivity index (χ3v) is 6.31.